The summed E-state index contributed by atoms with van der Waals surface area (Å²) in [7, 11) is 1.95. The molecular weight excluding hydrogens is 382 g/mol. The van der Waals surface area contributed by atoms with Gasteiger partial charge in [-0.15, -0.1) is 0 Å². The molecule has 0 unspecified atom stereocenters. The van der Waals surface area contributed by atoms with Crippen LogP contribution in [0, 0.1) is 5.92 Å². The first-order valence-electron chi connectivity index (χ1n) is 11.4. The largest absolute Gasteiger partial charge is 0.504 e. The van der Waals surface area contributed by atoms with E-state index in [1.807, 2.05) is 7.05 Å². The molecule has 2 atom stereocenters. The lowest BCUT2D eigenvalue weighted by Crippen LogP contribution is -2.48. The predicted octanol–water partition coefficient (Wildman–Crippen LogP) is 3.24. The number of likely N-dealkylation sites (N-methyl/N-ethyl adjacent to an activating group) is 1. The summed E-state index contributed by atoms with van der Waals surface area (Å²) < 4.78 is 0. The molecular formula is C23H39N3O4. The van der Waals surface area contributed by atoms with E-state index in [1.165, 1.54) is 44.2 Å². The van der Waals surface area contributed by atoms with Crippen LogP contribution in [0.4, 0.5) is 0 Å². The minimum Gasteiger partial charge on any atom is -0.504 e. The number of rotatable bonds is 12. The fourth-order valence-corrected chi connectivity index (χ4v) is 4.30. The Morgan fingerprint density at radius 2 is 1.73 bits per heavy atom. The van der Waals surface area contributed by atoms with Gasteiger partial charge in [-0.05, 0) is 37.9 Å². The average Bonchev–Trinajstić information content (AvgIpc) is 2.74. The Kier molecular flexibility index (Phi) is 10.2. The zero-order valence-electron chi connectivity index (χ0n) is 18.4. The number of phenols is 3. The number of carbonyl (C=O) groups excluding carboxylic acids is 1. The molecule has 1 aliphatic carbocycles. The van der Waals surface area contributed by atoms with Crippen molar-refractivity contribution >= 4 is 5.91 Å². The topological polar surface area (TPSA) is 114 Å². The van der Waals surface area contributed by atoms with Crippen LogP contribution in [0.25, 0.3) is 0 Å². The van der Waals surface area contributed by atoms with E-state index in [-0.39, 0.29) is 17.5 Å². The summed E-state index contributed by atoms with van der Waals surface area (Å²) in [5, 5.41) is 38.9. The highest BCUT2D eigenvalue weighted by Crippen LogP contribution is 2.35. The van der Waals surface area contributed by atoms with Crippen molar-refractivity contribution < 1.29 is 20.1 Å². The molecule has 2 rings (SSSR count). The highest BCUT2D eigenvalue weighted by molar-refractivity contribution is 5.95. The van der Waals surface area contributed by atoms with Crippen molar-refractivity contribution in [3.63, 3.8) is 0 Å². The molecule has 30 heavy (non-hydrogen) atoms. The summed E-state index contributed by atoms with van der Waals surface area (Å²) in [5.41, 5.74) is 0.134. The highest BCUT2D eigenvalue weighted by atomic mass is 16.3. The van der Waals surface area contributed by atoms with Gasteiger partial charge in [0.25, 0.3) is 5.91 Å². The molecule has 1 aromatic carbocycles. The molecule has 1 aromatic rings. The zero-order valence-corrected chi connectivity index (χ0v) is 18.4. The molecule has 0 radical (unpaired) electrons. The maximum atomic E-state index is 12.8. The lowest BCUT2D eigenvalue weighted by atomic mass is 9.84. The highest BCUT2D eigenvalue weighted by Gasteiger charge is 2.23. The van der Waals surface area contributed by atoms with Crippen molar-refractivity contribution in [3.8, 4) is 17.2 Å². The van der Waals surface area contributed by atoms with E-state index in [4.69, 9.17) is 0 Å². The van der Waals surface area contributed by atoms with E-state index >= 15 is 0 Å². The summed E-state index contributed by atoms with van der Waals surface area (Å²) in [6.45, 7) is 3.74. The van der Waals surface area contributed by atoms with Crippen LogP contribution in [-0.4, -0.2) is 53.4 Å². The summed E-state index contributed by atoms with van der Waals surface area (Å²) in [5.74, 6) is -1.38. The van der Waals surface area contributed by atoms with Gasteiger partial charge in [-0.1, -0.05) is 51.9 Å². The Bertz CT molecular complexity index is 639. The molecule has 7 heteroatoms. The van der Waals surface area contributed by atoms with E-state index < -0.39 is 17.2 Å². The van der Waals surface area contributed by atoms with Crippen molar-refractivity contribution in [2.45, 2.75) is 76.8 Å². The third-order valence-electron chi connectivity index (χ3n) is 6.02. The molecule has 0 bridgehead atoms. The Labute approximate surface area is 180 Å². The van der Waals surface area contributed by atoms with Gasteiger partial charge in [0.05, 0.1) is 0 Å². The van der Waals surface area contributed by atoms with E-state index in [1.54, 1.807) is 0 Å². The Morgan fingerprint density at radius 3 is 2.33 bits per heavy atom. The van der Waals surface area contributed by atoms with Crippen molar-refractivity contribution in [1.82, 2.24) is 16.0 Å². The van der Waals surface area contributed by atoms with Gasteiger partial charge in [-0.25, -0.2) is 0 Å². The maximum Gasteiger partial charge on any atom is 0.251 e. The molecule has 1 saturated carbocycles. The van der Waals surface area contributed by atoms with Gasteiger partial charge in [0.1, 0.15) is 0 Å². The van der Waals surface area contributed by atoms with Crippen LogP contribution in [0.2, 0.25) is 0 Å². The molecule has 1 aliphatic rings. The lowest BCUT2D eigenvalue weighted by Gasteiger charge is -2.29. The second-order valence-corrected chi connectivity index (χ2v) is 8.58. The van der Waals surface area contributed by atoms with Gasteiger partial charge in [-0.3, -0.25) is 4.79 Å². The summed E-state index contributed by atoms with van der Waals surface area (Å²) >= 11 is 0. The number of amides is 1. The number of unbranched alkanes of at least 4 members (excludes halogenated alkanes) is 1. The first kappa shape index (κ1) is 24.3. The first-order valence-corrected chi connectivity index (χ1v) is 11.4. The number of hydrogen-bond acceptors (Lipinski definition) is 6. The first-order chi connectivity index (χ1) is 14.4. The fourth-order valence-electron chi connectivity index (χ4n) is 4.30. The number of nitrogens with one attached hydrogen (secondary N) is 3. The van der Waals surface area contributed by atoms with Gasteiger partial charge < -0.3 is 31.3 Å². The van der Waals surface area contributed by atoms with E-state index in [0.29, 0.717) is 18.5 Å². The monoisotopic (exact) mass is 421 g/mol. The normalized spacial score (nSPS) is 16.9. The minimum absolute atomic E-state index is 0.0420. The smallest absolute Gasteiger partial charge is 0.251 e. The van der Waals surface area contributed by atoms with Crippen molar-refractivity contribution in [3.05, 3.63) is 17.7 Å². The molecule has 0 saturated heterocycles. The number of phenolic OH excluding ortho intramolecular Hbond substituents is 3. The summed E-state index contributed by atoms with van der Waals surface area (Å²) in [6.07, 6.45) is 10.5. The zero-order chi connectivity index (χ0) is 21.9. The van der Waals surface area contributed by atoms with Gasteiger partial charge in [0.15, 0.2) is 17.2 Å². The fraction of sp³-hybridized carbons (Fsp3) is 0.696. The Morgan fingerprint density at radius 1 is 1.07 bits per heavy atom. The van der Waals surface area contributed by atoms with Gasteiger partial charge in [-0.2, -0.15) is 0 Å². The number of benzene rings is 1. The van der Waals surface area contributed by atoms with Crippen LogP contribution >= 0.6 is 0 Å². The van der Waals surface area contributed by atoms with Crippen LogP contribution in [-0.2, 0) is 0 Å². The Hall–Kier alpha value is -1.99. The molecule has 0 aromatic heterocycles. The molecule has 0 heterocycles. The van der Waals surface area contributed by atoms with Crippen molar-refractivity contribution in [2.75, 3.05) is 20.1 Å². The predicted molar refractivity (Wildman–Crippen MR) is 119 cm³/mol. The quantitative estimate of drug-likeness (QED) is 0.289. The lowest BCUT2D eigenvalue weighted by molar-refractivity contribution is 0.0926. The molecule has 1 amide bonds. The van der Waals surface area contributed by atoms with E-state index in [0.717, 1.165) is 32.2 Å². The summed E-state index contributed by atoms with van der Waals surface area (Å²) in [4.78, 5) is 12.8. The molecule has 0 spiro atoms. The second kappa shape index (κ2) is 12.6. The maximum absolute atomic E-state index is 12.8. The van der Waals surface area contributed by atoms with E-state index in [9.17, 15) is 20.1 Å². The van der Waals surface area contributed by atoms with Gasteiger partial charge in [0.2, 0.25) is 0 Å². The van der Waals surface area contributed by atoms with Crippen LogP contribution in [0.3, 0.4) is 0 Å². The van der Waals surface area contributed by atoms with Crippen LogP contribution in [0.5, 0.6) is 17.2 Å². The standard InChI is InChI=1S/C23H39N3O4/c1-3-4-10-18(14-24-2)25-15-19(11-16-8-6-5-7-9-16)26-23(30)17-12-20(27)22(29)21(28)13-17/h12-13,16,18-19,24-25,27-29H,3-11,14-15H2,1-2H3,(H,26,30)/t18-,19-/m0/s1. The van der Waals surface area contributed by atoms with Crippen LogP contribution in [0.1, 0.15) is 75.1 Å². The third-order valence-corrected chi connectivity index (χ3v) is 6.02. The number of hydrogen-bond donors (Lipinski definition) is 6. The molecule has 170 valence electrons. The van der Waals surface area contributed by atoms with Gasteiger partial charge >= 0.3 is 0 Å². The number of carbonyl (C=O) groups is 1. The van der Waals surface area contributed by atoms with Crippen LogP contribution < -0.4 is 16.0 Å². The number of aromatic hydroxyl groups is 3. The van der Waals surface area contributed by atoms with E-state index in [2.05, 4.69) is 22.9 Å². The molecule has 1 fully saturated rings. The molecule has 6 N–H and O–H groups in total. The second-order valence-electron chi connectivity index (χ2n) is 8.58. The van der Waals surface area contributed by atoms with Crippen LogP contribution in [0.15, 0.2) is 12.1 Å². The molecule has 0 aliphatic heterocycles. The van der Waals surface area contributed by atoms with Crippen molar-refractivity contribution in [1.29, 1.82) is 0 Å². The average molecular weight is 422 g/mol. The van der Waals surface area contributed by atoms with Gasteiger partial charge in [0, 0.05) is 30.7 Å². The summed E-state index contributed by atoms with van der Waals surface area (Å²) in [6, 6.07) is 2.67. The third kappa shape index (κ3) is 7.69. The minimum atomic E-state index is -0.613. The SMILES string of the molecule is CCCC[C@@H](CNC)NC[C@H](CC1CCCCC1)NC(=O)c1cc(O)c(O)c(O)c1. The molecule has 7 nitrogen and oxygen atoms in total. The Balaban J connectivity index is 2.05. The van der Waals surface area contributed by atoms with Crippen molar-refractivity contribution in [2.24, 2.45) is 5.92 Å².